The number of rotatable bonds is 2. The topological polar surface area (TPSA) is 79.4 Å². The lowest BCUT2D eigenvalue weighted by Gasteiger charge is -2.39. The number of halogens is 2. The SMILES string of the molecule is CC1(C)C(=O)NCCN1S(=O)(=O)c1cc(Br)cnc1Cl. The van der Waals surface area contributed by atoms with Gasteiger partial charge >= 0.3 is 0 Å². The number of pyridine rings is 1. The second-order valence-corrected chi connectivity index (χ2v) is 7.94. The fourth-order valence-corrected chi connectivity index (χ4v) is 4.68. The smallest absolute Gasteiger partial charge is 0.247 e. The van der Waals surface area contributed by atoms with E-state index in [1.807, 2.05) is 0 Å². The van der Waals surface area contributed by atoms with Crippen LogP contribution in [0.1, 0.15) is 13.8 Å². The maximum Gasteiger partial charge on any atom is 0.247 e. The minimum Gasteiger partial charge on any atom is -0.353 e. The fourth-order valence-electron chi connectivity index (χ4n) is 2.00. The number of hydrogen-bond donors (Lipinski definition) is 1. The first-order chi connectivity index (χ1) is 9.17. The Hall–Kier alpha value is -0.700. The van der Waals surface area contributed by atoms with Crippen molar-refractivity contribution in [2.24, 2.45) is 0 Å². The molecule has 9 heteroatoms. The zero-order valence-corrected chi connectivity index (χ0v) is 14.0. The van der Waals surface area contributed by atoms with E-state index in [2.05, 4.69) is 26.2 Å². The first-order valence-electron chi connectivity index (χ1n) is 5.79. The van der Waals surface area contributed by atoms with Crippen LogP contribution in [0.15, 0.2) is 21.6 Å². The van der Waals surface area contributed by atoms with E-state index in [0.29, 0.717) is 4.47 Å². The van der Waals surface area contributed by atoms with Gasteiger partial charge in [-0.1, -0.05) is 11.6 Å². The van der Waals surface area contributed by atoms with Crippen molar-refractivity contribution >= 4 is 43.5 Å². The second kappa shape index (κ2) is 5.25. The van der Waals surface area contributed by atoms with Crippen molar-refractivity contribution in [1.82, 2.24) is 14.6 Å². The molecule has 1 saturated heterocycles. The van der Waals surface area contributed by atoms with Crippen molar-refractivity contribution in [3.05, 3.63) is 21.9 Å². The molecule has 0 unspecified atom stereocenters. The van der Waals surface area contributed by atoms with Crippen LogP contribution in [0.5, 0.6) is 0 Å². The lowest BCUT2D eigenvalue weighted by molar-refractivity contribution is -0.131. The van der Waals surface area contributed by atoms with Crippen LogP contribution in [0.25, 0.3) is 0 Å². The first kappa shape index (κ1) is 15.7. The molecule has 1 aliphatic heterocycles. The highest BCUT2D eigenvalue weighted by Gasteiger charge is 2.45. The van der Waals surface area contributed by atoms with Gasteiger partial charge in [0.25, 0.3) is 0 Å². The number of nitrogens with zero attached hydrogens (tertiary/aromatic N) is 2. The number of piperazine rings is 1. The Morgan fingerprint density at radius 1 is 1.50 bits per heavy atom. The van der Waals surface area contributed by atoms with Crippen molar-refractivity contribution in [2.75, 3.05) is 13.1 Å². The molecule has 0 saturated carbocycles. The van der Waals surface area contributed by atoms with Crippen molar-refractivity contribution in [3.8, 4) is 0 Å². The molecule has 2 heterocycles. The summed E-state index contributed by atoms with van der Waals surface area (Å²) in [5.41, 5.74) is -1.18. The number of amides is 1. The molecule has 1 aromatic rings. The van der Waals surface area contributed by atoms with Crippen LogP contribution in [-0.4, -0.2) is 42.2 Å². The predicted molar refractivity (Wildman–Crippen MR) is 77.9 cm³/mol. The molecule has 20 heavy (non-hydrogen) atoms. The molecule has 0 radical (unpaired) electrons. The molecule has 110 valence electrons. The van der Waals surface area contributed by atoms with E-state index in [0.717, 1.165) is 4.31 Å². The standard InChI is InChI=1S/C11H13BrClN3O3S/c1-11(2)10(17)14-3-4-16(11)20(18,19)8-5-7(12)6-15-9(8)13/h5-6H,3-4H2,1-2H3,(H,14,17). The molecule has 1 aromatic heterocycles. The van der Waals surface area contributed by atoms with Gasteiger partial charge in [-0.05, 0) is 35.8 Å². The maximum atomic E-state index is 12.7. The van der Waals surface area contributed by atoms with Gasteiger partial charge in [-0.15, -0.1) is 0 Å². The Kier molecular flexibility index (Phi) is 4.12. The highest BCUT2D eigenvalue weighted by molar-refractivity contribution is 9.10. The highest BCUT2D eigenvalue weighted by atomic mass is 79.9. The summed E-state index contributed by atoms with van der Waals surface area (Å²) in [5.74, 6) is -0.341. The number of carbonyl (C=O) groups is 1. The van der Waals surface area contributed by atoms with Gasteiger partial charge in [-0.2, -0.15) is 4.31 Å². The fraction of sp³-hybridized carbons (Fsp3) is 0.455. The van der Waals surface area contributed by atoms with Crippen LogP contribution in [0, 0.1) is 0 Å². The molecule has 0 atom stereocenters. The van der Waals surface area contributed by atoms with Gasteiger partial charge in [-0.3, -0.25) is 4.79 Å². The average Bonchev–Trinajstić information content (AvgIpc) is 2.35. The molecule has 6 nitrogen and oxygen atoms in total. The summed E-state index contributed by atoms with van der Waals surface area (Å²) in [7, 11) is -3.91. The summed E-state index contributed by atoms with van der Waals surface area (Å²) in [5, 5.41) is 2.53. The quantitative estimate of drug-likeness (QED) is 0.784. The molecule has 1 amide bonds. The monoisotopic (exact) mass is 381 g/mol. The van der Waals surface area contributed by atoms with Crippen LogP contribution in [0.4, 0.5) is 0 Å². The van der Waals surface area contributed by atoms with Gasteiger partial charge in [0, 0.05) is 23.8 Å². The summed E-state index contributed by atoms with van der Waals surface area (Å²) in [4.78, 5) is 15.6. The molecular weight excluding hydrogens is 370 g/mol. The van der Waals surface area contributed by atoms with E-state index in [1.165, 1.54) is 12.3 Å². The van der Waals surface area contributed by atoms with Crippen molar-refractivity contribution in [2.45, 2.75) is 24.3 Å². The molecule has 1 fully saturated rings. The number of aromatic nitrogens is 1. The van der Waals surface area contributed by atoms with E-state index in [1.54, 1.807) is 13.8 Å². The lowest BCUT2D eigenvalue weighted by atomic mass is 10.0. The second-order valence-electron chi connectivity index (χ2n) is 4.83. The molecule has 0 aliphatic carbocycles. The summed E-state index contributed by atoms with van der Waals surface area (Å²) >= 11 is 9.06. The van der Waals surface area contributed by atoms with E-state index < -0.39 is 15.6 Å². The Morgan fingerprint density at radius 3 is 2.80 bits per heavy atom. The number of carbonyl (C=O) groups excluding carboxylic acids is 1. The minimum absolute atomic E-state index is 0.115. The third-order valence-corrected chi connectivity index (χ3v) is 6.05. The van der Waals surface area contributed by atoms with E-state index >= 15 is 0 Å². The minimum atomic E-state index is -3.91. The predicted octanol–water partition coefficient (Wildman–Crippen LogP) is 1.40. The largest absolute Gasteiger partial charge is 0.353 e. The van der Waals surface area contributed by atoms with Crippen molar-refractivity contribution < 1.29 is 13.2 Å². The zero-order chi connectivity index (χ0) is 15.1. The van der Waals surface area contributed by atoms with Crippen LogP contribution >= 0.6 is 27.5 Å². The zero-order valence-electron chi connectivity index (χ0n) is 10.9. The Labute approximate surface area is 130 Å². The maximum absolute atomic E-state index is 12.7. The van der Waals surface area contributed by atoms with Crippen molar-refractivity contribution in [3.63, 3.8) is 0 Å². The molecular formula is C11H13BrClN3O3S. The van der Waals surface area contributed by atoms with E-state index in [-0.39, 0.29) is 29.0 Å². The van der Waals surface area contributed by atoms with E-state index in [4.69, 9.17) is 11.6 Å². The molecule has 2 rings (SSSR count). The molecule has 1 aliphatic rings. The molecule has 1 N–H and O–H groups in total. The van der Waals surface area contributed by atoms with Gasteiger partial charge in [0.1, 0.15) is 15.6 Å². The van der Waals surface area contributed by atoms with E-state index in [9.17, 15) is 13.2 Å². The van der Waals surface area contributed by atoms with Gasteiger partial charge in [0.15, 0.2) is 0 Å². The molecule has 0 bridgehead atoms. The summed E-state index contributed by atoms with van der Waals surface area (Å²) < 4.78 is 27.1. The normalized spacial score (nSPS) is 19.7. The summed E-state index contributed by atoms with van der Waals surface area (Å²) in [6.45, 7) is 3.56. The number of nitrogens with one attached hydrogen (secondary N) is 1. The van der Waals surface area contributed by atoms with Crippen LogP contribution in [0.3, 0.4) is 0 Å². The Morgan fingerprint density at radius 2 is 2.15 bits per heavy atom. The summed E-state index contributed by atoms with van der Waals surface area (Å²) in [6, 6.07) is 1.38. The number of hydrogen-bond acceptors (Lipinski definition) is 4. The Balaban J connectivity index is 2.55. The average molecular weight is 383 g/mol. The van der Waals surface area contributed by atoms with Crippen LogP contribution < -0.4 is 5.32 Å². The number of sulfonamides is 1. The lowest BCUT2D eigenvalue weighted by Crippen LogP contribution is -2.63. The first-order valence-corrected chi connectivity index (χ1v) is 8.40. The Bertz CT molecular complexity index is 663. The van der Waals surface area contributed by atoms with Gasteiger partial charge < -0.3 is 5.32 Å². The highest BCUT2D eigenvalue weighted by Crippen LogP contribution is 2.31. The van der Waals surface area contributed by atoms with Gasteiger partial charge in [0.05, 0.1) is 0 Å². The molecule has 0 aromatic carbocycles. The third kappa shape index (κ3) is 2.57. The van der Waals surface area contributed by atoms with Gasteiger partial charge in [0.2, 0.25) is 15.9 Å². The summed E-state index contributed by atoms with van der Waals surface area (Å²) in [6.07, 6.45) is 1.41. The molecule has 0 spiro atoms. The van der Waals surface area contributed by atoms with Crippen LogP contribution in [0.2, 0.25) is 5.15 Å². The van der Waals surface area contributed by atoms with Crippen molar-refractivity contribution in [1.29, 1.82) is 0 Å². The van der Waals surface area contributed by atoms with Gasteiger partial charge in [-0.25, -0.2) is 13.4 Å². The van der Waals surface area contributed by atoms with Crippen LogP contribution in [-0.2, 0) is 14.8 Å². The third-order valence-electron chi connectivity index (χ3n) is 3.12.